The summed E-state index contributed by atoms with van der Waals surface area (Å²) in [6, 6.07) is 39.0. The topological polar surface area (TPSA) is 0 Å². The molecule has 2 aliphatic carbocycles. The number of allylic oxidation sites excluding steroid dienone is 2. The zero-order valence-corrected chi connectivity index (χ0v) is 23.5. The Bertz CT molecular complexity index is 1320. The number of fused-ring (bicyclic) bond motifs is 4. The number of rotatable bonds is 6. The molecule has 36 heavy (non-hydrogen) atoms. The summed E-state index contributed by atoms with van der Waals surface area (Å²) in [6.07, 6.45) is 8.15. The van der Waals surface area contributed by atoms with Gasteiger partial charge in [-0.3, -0.25) is 0 Å². The number of benzene rings is 4. The van der Waals surface area contributed by atoms with Gasteiger partial charge in [0.1, 0.15) is 0 Å². The molecule has 3 heteroatoms. The van der Waals surface area contributed by atoms with Crippen molar-refractivity contribution in [3.05, 3.63) is 144 Å². The summed E-state index contributed by atoms with van der Waals surface area (Å²) in [4.78, 5) is 0. The molecule has 182 valence electrons. The maximum atomic E-state index is 4.16. The van der Waals surface area contributed by atoms with Crippen LogP contribution in [0, 0.1) is 0 Å². The van der Waals surface area contributed by atoms with Crippen LogP contribution in [0.25, 0.3) is 17.2 Å². The molecule has 0 radical (unpaired) electrons. The molecule has 0 fully saturated rings. The first-order chi connectivity index (χ1) is 16.3. The molecular weight excluding hydrogens is 558 g/mol. The third kappa shape index (κ3) is 4.41. The molecule has 0 aromatic heterocycles. The molecule has 0 heterocycles. The maximum absolute atomic E-state index is 4.16. The van der Waals surface area contributed by atoms with Crippen molar-refractivity contribution in [3.63, 3.8) is 0 Å². The monoisotopic (exact) mass is 588 g/mol. The van der Waals surface area contributed by atoms with Gasteiger partial charge in [-0.2, -0.15) is 0 Å². The van der Waals surface area contributed by atoms with E-state index in [0.717, 1.165) is 6.42 Å². The summed E-state index contributed by atoms with van der Waals surface area (Å²) in [5.41, 5.74) is 8.88. The molecule has 0 saturated carbocycles. The summed E-state index contributed by atoms with van der Waals surface area (Å²) in [5, 5.41) is 0. The number of hydrogen-bond donors (Lipinski definition) is 0. The van der Waals surface area contributed by atoms with Crippen molar-refractivity contribution in [1.29, 1.82) is 0 Å². The van der Waals surface area contributed by atoms with Crippen LogP contribution in [0.15, 0.2) is 122 Å². The van der Waals surface area contributed by atoms with Crippen LogP contribution in [-0.2, 0) is 20.3 Å². The van der Waals surface area contributed by atoms with Crippen LogP contribution in [0.3, 0.4) is 0 Å². The summed E-state index contributed by atoms with van der Waals surface area (Å²) in [7, 11) is 0. The number of halogens is 2. The van der Waals surface area contributed by atoms with Crippen LogP contribution >= 0.6 is 0 Å². The van der Waals surface area contributed by atoms with Gasteiger partial charge in [-0.25, -0.2) is 0 Å². The SMILES string of the molecule is C.C=CC[CH2][Zr+2]([c]1ccccc1)([CH]1C=Cc2ccccc21)[CH]1c2ccccc2-c2ccccc21.[Cl-].[Cl-]. The maximum Gasteiger partial charge on any atom is -1.00 e. The fourth-order valence-corrected chi connectivity index (χ4v) is 22.0. The van der Waals surface area contributed by atoms with Gasteiger partial charge < -0.3 is 24.8 Å². The average Bonchev–Trinajstić information content (AvgIpc) is 3.46. The Morgan fingerprint density at radius 1 is 0.667 bits per heavy atom. The van der Waals surface area contributed by atoms with Crippen molar-refractivity contribution < 1.29 is 45.1 Å². The molecule has 4 aromatic carbocycles. The molecule has 6 rings (SSSR count). The van der Waals surface area contributed by atoms with Crippen molar-refractivity contribution in [2.75, 3.05) is 0 Å². The number of hydrogen-bond acceptors (Lipinski definition) is 0. The molecular formula is C33H32Cl2Zr. The van der Waals surface area contributed by atoms with E-state index in [1.54, 1.807) is 14.4 Å². The van der Waals surface area contributed by atoms with Crippen LogP contribution in [0.2, 0.25) is 4.13 Å². The minimum Gasteiger partial charge on any atom is -1.00 e. The van der Waals surface area contributed by atoms with E-state index in [-0.39, 0.29) is 32.2 Å². The third-order valence-corrected chi connectivity index (χ3v) is 22.0. The van der Waals surface area contributed by atoms with Gasteiger partial charge in [-0.05, 0) is 0 Å². The normalized spacial score (nSPS) is 15.4. The van der Waals surface area contributed by atoms with Crippen LogP contribution in [0.5, 0.6) is 0 Å². The van der Waals surface area contributed by atoms with E-state index in [4.69, 9.17) is 0 Å². The first-order valence-electron chi connectivity index (χ1n) is 12.0. The fourth-order valence-electron chi connectivity index (χ4n) is 6.47. The Balaban J connectivity index is 0.00000120. The molecule has 0 aliphatic heterocycles. The van der Waals surface area contributed by atoms with Gasteiger partial charge in [0.15, 0.2) is 0 Å². The minimum absolute atomic E-state index is 0. The van der Waals surface area contributed by atoms with E-state index < -0.39 is 20.3 Å². The van der Waals surface area contributed by atoms with Crippen LogP contribution < -0.4 is 28.1 Å². The summed E-state index contributed by atoms with van der Waals surface area (Å²) < 4.78 is 3.85. The Labute approximate surface area is 233 Å². The minimum atomic E-state index is -3.32. The van der Waals surface area contributed by atoms with E-state index in [9.17, 15) is 0 Å². The van der Waals surface area contributed by atoms with Crippen LogP contribution in [-0.4, -0.2) is 0 Å². The quantitative estimate of drug-likeness (QED) is 0.303. The van der Waals surface area contributed by atoms with Gasteiger partial charge in [0.25, 0.3) is 0 Å². The van der Waals surface area contributed by atoms with Gasteiger partial charge in [0.05, 0.1) is 0 Å². The second-order valence-electron chi connectivity index (χ2n) is 9.31. The predicted octanol–water partition coefficient (Wildman–Crippen LogP) is 2.64. The third-order valence-electron chi connectivity index (χ3n) is 7.78. The summed E-state index contributed by atoms with van der Waals surface area (Å²) in [6.45, 7) is 4.16. The second kappa shape index (κ2) is 11.9. The molecule has 0 bridgehead atoms. The zero-order valence-electron chi connectivity index (χ0n) is 19.6. The fraction of sp³-hybridized carbons (Fsp3) is 0.152. The molecule has 0 amide bonds. The molecule has 0 nitrogen and oxygen atoms in total. The summed E-state index contributed by atoms with van der Waals surface area (Å²) in [5.74, 6) is 0. The van der Waals surface area contributed by atoms with Gasteiger partial charge in [0, 0.05) is 0 Å². The van der Waals surface area contributed by atoms with Gasteiger partial charge in [0.2, 0.25) is 0 Å². The smallest absolute Gasteiger partial charge is 1.00 e. The Hall–Kier alpha value is -2.18. The van der Waals surface area contributed by atoms with E-state index in [1.165, 1.54) is 26.4 Å². The van der Waals surface area contributed by atoms with Crippen molar-refractivity contribution >= 4 is 9.35 Å². The first-order valence-corrected chi connectivity index (χ1v) is 17.8. The molecule has 0 N–H and O–H groups in total. The molecule has 2 unspecified atom stereocenters. The van der Waals surface area contributed by atoms with Crippen molar-refractivity contribution in [1.82, 2.24) is 0 Å². The van der Waals surface area contributed by atoms with Gasteiger partial charge in [-0.1, -0.05) is 7.43 Å². The average molecular weight is 591 g/mol. The largest absolute Gasteiger partial charge is 1.00 e. The summed E-state index contributed by atoms with van der Waals surface area (Å²) >= 11 is -3.32. The molecule has 0 spiro atoms. The standard InChI is InChI=1S/C13H9.C9H7.C6H5.C4H7.CH4.2ClH.Zr/c1-3-7-12-10(5-1)9-11-6-2-4-8-13(11)12;1-2-5-9-7-3-6-8(9)4-1;1-2-4-6-5-3-1;1-3-4-2;;;;/h1-9H;1-7H;1-5H;3H,1-2,4H2;1H4;2*1H;/q;;;;;;;+2/p-2. The van der Waals surface area contributed by atoms with E-state index in [1.807, 2.05) is 0 Å². The first kappa shape index (κ1) is 28.4. The van der Waals surface area contributed by atoms with E-state index in [2.05, 4.69) is 128 Å². The molecule has 4 aromatic rings. The van der Waals surface area contributed by atoms with E-state index in [0.29, 0.717) is 7.25 Å². The Morgan fingerprint density at radius 2 is 1.19 bits per heavy atom. The van der Waals surface area contributed by atoms with E-state index >= 15 is 0 Å². The van der Waals surface area contributed by atoms with Crippen molar-refractivity contribution in [2.24, 2.45) is 0 Å². The van der Waals surface area contributed by atoms with Crippen LogP contribution in [0.4, 0.5) is 0 Å². The van der Waals surface area contributed by atoms with Crippen LogP contribution in [0.1, 0.15) is 43.4 Å². The predicted molar refractivity (Wildman–Crippen MR) is 144 cm³/mol. The molecule has 0 saturated heterocycles. The van der Waals surface area contributed by atoms with Crippen molar-refractivity contribution in [3.8, 4) is 11.1 Å². The molecule has 2 atom stereocenters. The Kier molecular flexibility index (Phi) is 9.40. The second-order valence-corrected chi connectivity index (χ2v) is 20.0. The van der Waals surface area contributed by atoms with Gasteiger partial charge >= 0.3 is 203 Å². The van der Waals surface area contributed by atoms with Gasteiger partial charge in [-0.15, -0.1) is 0 Å². The molecule has 2 aliphatic rings. The van der Waals surface area contributed by atoms with Crippen molar-refractivity contribution in [2.45, 2.75) is 25.2 Å². The zero-order chi connectivity index (χ0) is 22.3. The Morgan fingerprint density at radius 3 is 1.81 bits per heavy atom.